The third-order valence-corrected chi connectivity index (χ3v) is 5.92. The van der Waals surface area contributed by atoms with Crippen molar-refractivity contribution >= 4 is 38.9 Å². The van der Waals surface area contributed by atoms with Crippen molar-refractivity contribution in [2.45, 2.75) is 6.54 Å². The molecule has 6 aromatic rings. The number of pyridine rings is 1. The molecule has 4 heterocycles. The zero-order valence-corrected chi connectivity index (χ0v) is 17.2. The highest BCUT2D eigenvalue weighted by Crippen LogP contribution is 2.40. The topological polar surface area (TPSA) is 117 Å². The molecular weight excluding hydrogens is 446 g/mol. The van der Waals surface area contributed by atoms with Gasteiger partial charge in [-0.25, -0.2) is 18.6 Å². The van der Waals surface area contributed by atoms with Gasteiger partial charge in [0.05, 0.1) is 52.0 Å². The monoisotopic (exact) mass is 460 g/mol. The van der Waals surface area contributed by atoms with Gasteiger partial charge in [0.2, 0.25) is 0 Å². The predicted molar refractivity (Wildman–Crippen MR) is 120 cm³/mol. The summed E-state index contributed by atoms with van der Waals surface area (Å²) in [5.74, 6) is -2.60. The summed E-state index contributed by atoms with van der Waals surface area (Å²) in [6, 6.07) is 8.38. The molecule has 0 fully saturated rings. The van der Waals surface area contributed by atoms with Crippen molar-refractivity contribution in [2.75, 3.05) is 0 Å². The zero-order valence-electron chi connectivity index (χ0n) is 17.2. The van der Waals surface area contributed by atoms with E-state index >= 15 is 0 Å². The van der Waals surface area contributed by atoms with Crippen LogP contribution in [0, 0.1) is 11.6 Å². The Morgan fingerprint density at radius 1 is 1.15 bits per heavy atom. The van der Waals surface area contributed by atoms with Crippen LogP contribution in [-0.2, 0) is 6.54 Å². The van der Waals surface area contributed by atoms with Crippen LogP contribution < -0.4 is 5.56 Å². The van der Waals surface area contributed by atoms with Gasteiger partial charge < -0.3 is 24.1 Å². The van der Waals surface area contributed by atoms with Crippen LogP contribution in [0.4, 0.5) is 8.78 Å². The largest absolute Gasteiger partial charge is 0.477 e. The molecule has 4 aromatic heterocycles. The fraction of sp³-hybridized carbons (Fsp3) is 0.0417. The number of hydrogen-bond donors (Lipinski definition) is 3. The first-order valence-corrected chi connectivity index (χ1v) is 10.2. The molecule has 0 radical (unpaired) electrons. The van der Waals surface area contributed by atoms with Crippen LogP contribution in [0.25, 0.3) is 44.0 Å². The Balaban J connectivity index is 1.75. The number of rotatable bonds is 4. The van der Waals surface area contributed by atoms with Gasteiger partial charge in [0, 0.05) is 23.4 Å². The molecular formula is C24H14F2N4O4. The van der Waals surface area contributed by atoms with Gasteiger partial charge >= 0.3 is 5.97 Å². The second-order valence-electron chi connectivity index (χ2n) is 7.81. The first-order valence-electron chi connectivity index (χ1n) is 10.2. The van der Waals surface area contributed by atoms with Crippen LogP contribution >= 0.6 is 0 Å². The molecule has 0 aliphatic carbocycles. The SMILES string of the molecule is O=C(O)c1c(-c2ccc[nH]c2=O)c2c3occc3c(F)cc2n1Cc1cc2[nH]cnc2cc1F. The first kappa shape index (κ1) is 19.9. The maximum atomic E-state index is 15.0. The maximum Gasteiger partial charge on any atom is 0.353 e. The van der Waals surface area contributed by atoms with Gasteiger partial charge in [0.15, 0.2) is 0 Å². The van der Waals surface area contributed by atoms with E-state index in [2.05, 4.69) is 15.0 Å². The Hall–Kier alpha value is -4.73. The molecule has 0 atom stereocenters. The molecule has 6 rings (SSSR count). The quantitative estimate of drug-likeness (QED) is 0.354. The normalized spacial score (nSPS) is 11.7. The minimum Gasteiger partial charge on any atom is -0.477 e. The number of imidazole rings is 1. The van der Waals surface area contributed by atoms with Gasteiger partial charge in [0.25, 0.3) is 5.56 Å². The summed E-state index contributed by atoms with van der Waals surface area (Å²) in [7, 11) is 0. The van der Waals surface area contributed by atoms with Gasteiger partial charge in [-0.1, -0.05) is 0 Å². The number of aromatic carboxylic acids is 1. The van der Waals surface area contributed by atoms with E-state index in [1.807, 2.05) is 0 Å². The van der Waals surface area contributed by atoms with Crippen LogP contribution in [0.3, 0.4) is 0 Å². The number of furan rings is 1. The van der Waals surface area contributed by atoms with E-state index in [1.54, 1.807) is 6.07 Å². The van der Waals surface area contributed by atoms with Gasteiger partial charge in [-0.2, -0.15) is 0 Å². The zero-order chi connectivity index (χ0) is 23.6. The van der Waals surface area contributed by atoms with Crippen molar-refractivity contribution in [1.29, 1.82) is 0 Å². The van der Waals surface area contributed by atoms with Gasteiger partial charge in [-0.05, 0) is 30.3 Å². The molecule has 0 spiro atoms. The molecule has 0 saturated heterocycles. The molecule has 8 nitrogen and oxygen atoms in total. The van der Waals surface area contributed by atoms with Gasteiger partial charge in [-0.15, -0.1) is 0 Å². The highest BCUT2D eigenvalue weighted by atomic mass is 19.1. The Bertz CT molecular complexity index is 1830. The number of benzene rings is 2. The lowest BCUT2D eigenvalue weighted by atomic mass is 10.0. The number of nitrogens with one attached hydrogen (secondary N) is 2. The van der Waals surface area contributed by atoms with Crippen LogP contribution in [0.1, 0.15) is 16.1 Å². The molecule has 0 aliphatic rings. The van der Waals surface area contributed by atoms with E-state index in [0.717, 1.165) is 0 Å². The van der Waals surface area contributed by atoms with E-state index in [-0.39, 0.29) is 50.8 Å². The fourth-order valence-corrected chi connectivity index (χ4v) is 4.47. The number of hydrogen-bond acceptors (Lipinski definition) is 4. The molecule has 0 bridgehead atoms. The molecule has 0 amide bonds. The van der Waals surface area contributed by atoms with Gasteiger partial charge in [-0.3, -0.25) is 4.79 Å². The van der Waals surface area contributed by atoms with Crippen LogP contribution in [0.15, 0.2) is 64.4 Å². The molecule has 0 saturated carbocycles. The highest BCUT2D eigenvalue weighted by molar-refractivity contribution is 6.17. The number of fused-ring (bicyclic) bond motifs is 4. The number of aromatic amines is 2. The predicted octanol–water partition coefficient (Wildman–Crippen LogP) is 4.64. The summed E-state index contributed by atoms with van der Waals surface area (Å²) in [5, 5.41) is 10.6. The minimum atomic E-state index is -1.36. The van der Waals surface area contributed by atoms with Crippen LogP contribution in [0.5, 0.6) is 0 Å². The molecule has 10 heteroatoms. The molecule has 2 aromatic carbocycles. The smallest absolute Gasteiger partial charge is 0.353 e. The number of aromatic nitrogens is 4. The van der Waals surface area contributed by atoms with Crippen molar-refractivity contribution in [3.05, 3.63) is 88.4 Å². The van der Waals surface area contributed by atoms with Crippen molar-refractivity contribution in [1.82, 2.24) is 19.5 Å². The standard InChI is InChI=1S/C24H14F2N4O4/c25-14-7-17-16(28-10-29-17)6-11(14)9-30-18-8-15(26)12-3-5-34-22(12)20(18)19(21(30)24(32)33)13-2-1-4-27-23(13)31/h1-8,10H,9H2,(H,27,31)(H,28,29)(H,32,33). The van der Waals surface area contributed by atoms with E-state index in [9.17, 15) is 23.5 Å². The Morgan fingerprint density at radius 2 is 2.00 bits per heavy atom. The number of carbonyl (C=O) groups is 1. The average molecular weight is 460 g/mol. The van der Waals surface area contributed by atoms with Crippen LogP contribution in [-0.4, -0.2) is 30.6 Å². The van der Waals surface area contributed by atoms with Crippen molar-refractivity contribution in [3.63, 3.8) is 0 Å². The molecule has 3 N–H and O–H groups in total. The Labute approximate surface area is 188 Å². The third-order valence-electron chi connectivity index (χ3n) is 5.92. The number of carboxylic acids is 1. The van der Waals surface area contributed by atoms with E-state index in [1.165, 1.54) is 53.7 Å². The second kappa shape index (κ2) is 7.14. The summed E-state index contributed by atoms with van der Waals surface area (Å²) in [6.07, 6.45) is 4.13. The summed E-state index contributed by atoms with van der Waals surface area (Å²) < 4.78 is 36.7. The number of nitrogens with zero attached hydrogens (tertiary/aromatic N) is 2. The Morgan fingerprint density at radius 3 is 2.79 bits per heavy atom. The number of H-pyrrole nitrogens is 2. The lowest BCUT2D eigenvalue weighted by molar-refractivity contribution is 0.0687. The third kappa shape index (κ3) is 2.78. The van der Waals surface area contributed by atoms with Crippen molar-refractivity contribution < 1.29 is 23.1 Å². The average Bonchev–Trinajstić information content (AvgIpc) is 3.52. The molecule has 0 unspecified atom stereocenters. The fourth-order valence-electron chi connectivity index (χ4n) is 4.47. The number of carboxylic acid groups (broad SMARTS) is 1. The first-order chi connectivity index (χ1) is 16.4. The van der Waals surface area contributed by atoms with E-state index < -0.39 is 23.2 Å². The summed E-state index contributed by atoms with van der Waals surface area (Å²) in [4.78, 5) is 34.7. The maximum absolute atomic E-state index is 15.0. The molecule has 0 aliphatic heterocycles. The lowest BCUT2D eigenvalue weighted by Gasteiger charge is -2.11. The lowest BCUT2D eigenvalue weighted by Crippen LogP contribution is -2.14. The van der Waals surface area contributed by atoms with E-state index in [0.29, 0.717) is 11.0 Å². The highest BCUT2D eigenvalue weighted by Gasteiger charge is 2.29. The van der Waals surface area contributed by atoms with Crippen LogP contribution in [0.2, 0.25) is 0 Å². The van der Waals surface area contributed by atoms with Gasteiger partial charge in [0.1, 0.15) is 22.9 Å². The van der Waals surface area contributed by atoms with E-state index in [4.69, 9.17) is 4.42 Å². The summed E-state index contributed by atoms with van der Waals surface area (Å²) >= 11 is 0. The Kier molecular flexibility index (Phi) is 4.18. The van der Waals surface area contributed by atoms with Crippen molar-refractivity contribution in [2.24, 2.45) is 0 Å². The second-order valence-corrected chi connectivity index (χ2v) is 7.81. The molecule has 168 valence electrons. The van der Waals surface area contributed by atoms with Crippen molar-refractivity contribution in [3.8, 4) is 11.1 Å². The summed E-state index contributed by atoms with van der Waals surface area (Å²) in [6.45, 7) is -0.241. The number of halogens is 2. The summed E-state index contributed by atoms with van der Waals surface area (Å²) in [5.41, 5.74) is 0.686. The molecule has 34 heavy (non-hydrogen) atoms. The minimum absolute atomic E-state index is 0.0623.